The molecule has 0 aliphatic rings. The van der Waals surface area contributed by atoms with Crippen molar-refractivity contribution in [2.24, 2.45) is 0 Å². The van der Waals surface area contributed by atoms with Crippen molar-refractivity contribution in [2.75, 3.05) is 6.61 Å². The van der Waals surface area contributed by atoms with Crippen LogP contribution < -0.4 is 4.74 Å². The maximum Gasteiger partial charge on any atom is 0.157 e. The van der Waals surface area contributed by atoms with E-state index in [9.17, 15) is 4.79 Å². The van der Waals surface area contributed by atoms with E-state index in [-0.39, 0.29) is 6.61 Å². The van der Waals surface area contributed by atoms with Crippen LogP contribution in [0.15, 0.2) is 54.6 Å². The fourth-order valence-corrected chi connectivity index (χ4v) is 1.57. The van der Waals surface area contributed by atoms with Crippen LogP contribution in [-0.4, -0.2) is 12.9 Å². The third kappa shape index (κ3) is 2.28. The molecule has 2 nitrogen and oxygen atoms in total. The van der Waals surface area contributed by atoms with E-state index >= 15 is 0 Å². The molecule has 0 aliphatic carbocycles. The van der Waals surface area contributed by atoms with E-state index < -0.39 is 0 Å². The lowest BCUT2D eigenvalue weighted by Crippen LogP contribution is -1.98. The predicted octanol–water partition coefficient (Wildman–Crippen LogP) is 2.93. The molecule has 0 heterocycles. The minimum Gasteiger partial charge on any atom is -0.486 e. The fourth-order valence-electron chi connectivity index (χ4n) is 1.57. The van der Waals surface area contributed by atoms with Crippen molar-refractivity contribution in [3.05, 3.63) is 54.6 Å². The first-order chi connectivity index (χ1) is 7.92. The average molecular weight is 212 g/mol. The summed E-state index contributed by atoms with van der Waals surface area (Å²) in [6.07, 6.45) is 0.752. The van der Waals surface area contributed by atoms with Gasteiger partial charge in [-0.1, -0.05) is 48.5 Å². The van der Waals surface area contributed by atoms with Crippen molar-refractivity contribution in [1.29, 1.82) is 0 Å². The molecular formula is C14H12O2. The standard InChI is InChI=1S/C14H12O2/c15-10-11-16-14-9-5-4-8-13(14)12-6-2-1-3-7-12/h1-10H,11H2. The Morgan fingerprint density at radius 1 is 0.938 bits per heavy atom. The molecule has 0 aromatic heterocycles. The molecule has 0 bridgehead atoms. The lowest BCUT2D eigenvalue weighted by Gasteiger charge is -2.09. The van der Waals surface area contributed by atoms with Gasteiger partial charge in [0.1, 0.15) is 12.4 Å². The van der Waals surface area contributed by atoms with E-state index in [4.69, 9.17) is 4.74 Å². The Kier molecular flexibility index (Phi) is 3.34. The summed E-state index contributed by atoms with van der Waals surface area (Å²) in [5.41, 5.74) is 2.09. The quantitative estimate of drug-likeness (QED) is 0.728. The highest BCUT2D eigenvalue weighted by molar-refractivity contribution is 5.70. The van der Waals surface area contributed by atoms with Crippen LogP contribution in [0.4, 0.5) is 0 Å². The molecule has 2 heteroatoms. The summed E-state index contributed by atoms with van der Waals surface area (Å²) in [5.74, 6) is 0.737. The van der Waals surface area contributed by atoms with Crippen molar-refractivity contribution < 1.29 is 9.53 Å². The number of para-hydroxylation sites is 1. The maximum absolute atomic E-state index is 10.3. The summed E-state index contributed by atoms with van der Waals surface area (Å²) in [6, 6.07) is 17.7. The van der Waals surface area contributed by atoms with E-state index in [0.717, 1.165) is 23.2 Å². The largest absolute Gasteiger partial charge is 0.486 e. The zero-order valence-corrected chi connectivity index (χ0v) is 8.80. The van der Waals surface area contributed by atoms with E-state index in [0.29, 0.717) is 0 Å². The Balaban J connectivity index is 2.36. The zero-order chi connectivity index (χ0) is 11.2. The topological polar surface area (TPSA) is 26.3 Å². The molecule has 0 unspecified atom stereocenters. The smallest absolute Gasteiger partial charge is 0.157 e. The van der Waals surface area contributed by atoms with Gasteiger partial charge in [-0.05, 0) is 11.6 Å². The number of carbonyl (C=O) groups is 1. The Hall–Kier alpha value is -2.09. The second-order valence-electron chi connectivity index (χ2n) is 3.34. The van der Waals surface area contributed by atoms with Crippen molar-refractivity contribution in [3.8, 4) is 16.9 Å². The molecule has 0 amide bonds. The molecule has 0 aliphatic heterocycles. The monoisotopic (exact) mass is 212 g/mol. The lowest BCUT2D eigenvalue weighted by molar-refractivity contribution is -0.109. The minimum atomic E-state index is 0.0871. The second-order valence-corrected chi connectivity index (χ2v) is 3.34. The molecule has 0 fully saturated rings. The molecule has 0 spiro atoms. The van der Waals surface area contributed by atoms with Crippen molar-refractivity contribution in [1.82, 2.24) is 0 Å². The van der Waals surface area contributed by atoms with Gasteiger partial charge in [0, 0.05) is 5.56 Å². The maximum atomic E-state index is 10.3. The summed E-state index contributed by atoms with van der Waals surface area (Å²) in [7, 11) is 0. The van der Waals surface area contributed by atoms with Gasteiger partial charge >= 0.3 is 0 Å². The molecular weight excluding hydrogens is 200 g/mol. The van der Waals surface area contributed by atoms with Crippen molar-refractivity contribution in [3.63, 3.8) is 0 Å². The van der Waals surface area contributed by atoms with Gasteiger partial charge in [-0.3, -0.25) is 4.79 Å². The normalized spacial score (nSPS) is 9.75. The number of rotatable bonds is 4. The number of hydrogen-bond donors (Lipinski definition) is 0. The van der Waals surface area contributed by atoms with Crippen LogP contribution in [0.2, 0.25) is 0 Å². The highest BCUT2D eigenvalue weighted by Gasteiger charge is 2.04. The average Bonchev–Trinajstić information content (AvgIpc) is 2.38. The summed E-state index contributed by atoms with van der Waals surface area (Å²) < 4.78 is 5.37. The number of benzene rings is 2. The summed E-state index contributed by atoms with van der Waals surface area (Å²) in [4.78, 5) is 10.3. The summed E-state index contributed by atoms with van der Waals surface area (Å²) in [6.45, 7) is 0.0871. The summed E-state index contributed by atoms with van der Waals surface area (Å²) >= 11 is 0. The Bertz CT molecular complexity index is 463. The van der Waals surface area contributed by atoms with Crippen LogP contribution in [-0.2, 0) is 4.79 Å². The SMILES string of the molecule is O=CCOc1ccccc1-c1ccccc1. The molecule has 80 valence electrons. The molecule has 2 aromatic carbocycles. The lowest BCUT2D eigenvalue weighted by atomic mass is 10.1. The van der Waals surface area contributed by atoms with Crippen LogP contribution in [0.1, 0.15) is 0 Å². The first-order valence-electron chi connectivity index (χ1n) is 5.12. The van der Waals surface area contributed by atoms with Gasteiger partial charge in [0.2, 0.25) is 0 Å². The van der Waals surface area contributed by atoms with Crippen LogP contribution in [0.3, 0.4) is 0 Å². The highest BCUT2D eigenvalue weighted by Crippen LogP contribution is 2.29. The molecule has 2 aromatic rings. The van der Waals surface area contributed by atoms with Crippen molar-refractivity contribution >= 4 is 6.29 Å². The third-order valence-corrected chi connectivity index (χ3v) is 2.28. The summed E-state index contributed by atoms with van der Waals surface area (Å²) in [5, 5.41) is 0. The Morgan fingerprint density at radius 2 is 1.62 bits per heavy atom. The first kappa shape index (κ1) is 10.4. The van der Waals surface area contributed by atoms with Gasteiger partial charge in [0.15, 0.2) is 6.29 Å². The van der Waals surface area contributed by atoms with Crippen LogP contribution >= 0.6 is 0 Å². The van der Waals surface area contributed by atoms with E-state index in [1.807, 2.05) is 54.6 Å². The van der Waals surface area contributed by atoms with Gasteiger partial charge in [0.05, 0.1) is 0 Å². The molecule has 0 radical (unpaired) electrons. The van der Waals surface area contributed by atoms with Crippen LogP contribution in [0.25, 0.3) is 11.1 Å². The van der Waals surface area contributed by atoms with E-state index in [2.05, 4.69) is 0 Å². The first-order valence-corrected chi connectivity index (χ1v) is 5.12. The number of ether oxygens (including phenoxy) is 1. The zero-order valence-electron chi connectivity index (χ0n) is 8.80. The molecule has 0 N–H and O–H groups in total. The Morgan fingerprint density at radius 3 is 2.38 bits per heavy atom. The molecule has 0 saturated heterocycles. The second kappa shape index (κ2) is 5.12. The molecule has 0 atom stereocenters. The van der Waals surface area contributed by atoms with Crippen molar-refractivity contribution in [2.45, 2.75) is 0 Å². The van der Waals surface area contributed by atoms with Gasteiger partial charge < -0.3 is 4.74 Å². The van der Waals surface area contributed by atoms with Gasteiger partial charge in [-0.25, -0.2) is 0 Å². The fraction of sp³-hybridized carbons (Fsp3) is 0.0714. The van der Waals surface area contributed by atoms with E-state index in [1.54, 1.807) is 0 Å². The highest BCUT2D eigenvalue weighted by atomic mass is 16.5. The number of aldehydes is 1. The third-order valence-electron chi connectivity index (χ3n) is 2.28. The Labute approximate surface area is 94.5 Å². The molecule has 2 rings (SSSR count). The van der Waals surface area contributed by atoms with Crippen LogP contribution in [0.5, 0.6) is 5.75 Å². The van der Waals surface area contributed by atoms with Gasteiger partial charge in [0.25, 0.3) is 0 Å². The van der Waals surface area contributed by atoms with Gasteiger partial charge in [-0.15, -0.1) is 0 Å². The van der Waals surface area contributed by atoms with E-state index in [1.165, 1.54) is 0 Å². The molecule has 0 saturated carbocycles. The predicted molar refractivity (Wildman–Crippen MR) is 63.4 cm³/mol. The number of carbonyl (C=O) groups excluding carboxylic acids is 1. The molecule has 16 heavy (non-hydrogen) atoms. The number of hydrogen-bond acceptors (Lipinski definition) is 2. The van der Waals surface area contributed by atoms with Gasteiger partial charge in [-0.2, -0.15) is 0 Å². The van der Waals surface area contributed by atoms with Crippen LogP contribution in [0, 0.1) is 0 Å². The minimum absolute atomic E-state index is 0.0871.